The fraction of sp³-hybridized carbons (Fsp3) is 0.188. The van der Waals surface area contributed by atoms with E-state index in [0.29, 0.717) is 5.56 Å². The van der Waals surface area contributed by atoms with Crippen molar-refractivity contribution in [2.24, 2.45) is 5.10 Å². The molecule has 0 aliphatic carbocycles. The largest absolute Gasteiger partial charge is 0.364 e. The van der Waals surface area contributed by atoms with E-state index in [0.717, 1.165) is 28.2 Å². The second kappa shape index (κ2) is 6.45. The molecule has 0 radical (unpaired) electrons. The normalized spacial score (nSPS) is 11.5. The van der Waals surface area contributed by atoms with Crippen LogP contribution in [0.3, 0.4) is 0 Å². The van der Waals surface area contributed by atoms with Gasteiger partial charge >= 0.3 is 0 Å². The van der Waals surface area contributed by atoms with E-state index in [1.165, 1.54) is 11.0 Å². The van der Waals surface area contributed by atoms with Crippen molar-refractivity contribution in [1.29, 1.82) is 0 Å². The number of aromatic nitrogens is 5. The van der Waals surface area contributed by atoms with E-state index < -0.39 is 0 Å². The molecule has 1 amide bonds. The highest BCUT2D eigenvalue weighted by molar-refractivity contribution is 6.02. The summed E-state index contributed by atoms with van der Waals surface area (Å²) in [5, 5.41) is 15.1. The van der Waals surface area contributed by atoms with Gasteiger partial charge < -0.3 is 4.98 Å². The molecule has 0 bridgehead atoms. The zero-order chi connectivity index (χ0) is 17.1. The van der Waals surface area contributed by atoms with E-state index in [1.807, 2.05) is 27.0 Å². The molecule has 0 atom stereocenters. The molecule has 2 aromatic heterocycles. The van der Waals surface area contributed by atoms with Gasteiger partial charge in [-0.15, -0.1) is 5.10 Å². The average Bonchev–Trinajstić information content (AvgIpc) is 3.23. The summed E-state index contributed by atoms with van der Waals surface area (Å²) in [5.74, 6) is -0.275. The maximum atomic E-state index is 12.2. The summed E-state index contributed by atoms with van der Waals surface area (Å²) in [4.78, 5) is 15.4. The molecule has 8 heteroatoms. The number of benzene rings is 1. The Balaban J connectivity index is 1.72. The Hall–Kier alpha value is -3.29. The van der Waals surface area contributed by atoms with Crippen LogP contribution < -0.4 is 5.43 Å². The summed E-state index contributed by atoms with van der Waals surface area (Å²) in [6, 6.07) is 6.93. The van der Waals surface area contributed by atoms with Gasteiger partial charge in [-0.2, -0.15) is 5.10 Å². The van der Waals surface area contributed by atoms with Crippen molar-refractivity contribution in [2.75, 3.05) is 0 Å². The molecule has 2 heterocycles. The van der Waals surface area contributed by atoms with Crippen LogP contribution in [0, 0.1) is 13.8 Å². The number of nitrogens with one attached hydrogen (secondary N) is 2. The lowest BCUT2D eigenvalue weighted by Gasteiger charge is -2.05. The van der Waals surface area contributed by atoms with Gasteiger partial charge in [0.15, 0.2) is 0 Å². The van der Waals surface area contributed by atoms with E-state index in [9.17, 15) is 4.79 Å². The van der Waals surface area contributed by atoms with Gasteiger partial charge in [-0.1, -0.05) is 0 Å². The summed E-state index contributed by atoms with van der Waals surface area (Å²) >= 11 is 0. The fourth-order valence-electron chi connectivity index (χ4n) is 2.51. The van der Waals surface area contributed by atoms with Crippen molar-refractivity contribution in [1.82, 2.24) is 30.6 Å². The van der Waals surface area contributed by atoms with Crippen LogP contribution in [0.2, 0.25) is 0 Å². The number of hydrazone groups is 1. The summed E-state index contributed by atoms with van der Waals surface area (Å²) in [7, 11) is 0. The quantitative estimate of drug-likeness (QED) is 0.564. The van der Waals surface area contributed by atoms with Crippen LogP contribution in [-0.2, 0) is 0 Å². The molecule has 0 saturated heterocycles. The Morgan fingerprint density at radius 3 is 2.58 bits per heavy atom. The van der Waals surface area contributed by atoms with Crippen LogP contribution in [0.1, 0.15) is 34.1 Å². The third-order valence-corrected chi connectivity index (χ3v) is 3.70. The Bertz CT molecular complexity index is 856. The van der Waals surface area contributed by atoms with E-state index in [4.69, 9.17) is 0 Å². The lowest BCUT2D eigenvalue weighted by molar-refractivity contribution is 0.0955. The van der Waals surface area contributed by atoms with Gasteiger partial charge in [-0.3, -0.25) is 4.79 Å². The molecule has 8 nitrogen and oxygen atoms in total. The van der Waals surface area contributed by atoms with Crippen LogP contribution in [0.25, 0.3) is 5.69 Å². The van der Waals surface area contributed by atoms with E-state index in [2.05, 4.69) is 31.0 Å². The maximum Gasteiger partial charge on any atom is 0.271 e. The molecule has 0 saturated carbocycles. The SMILES string of the molecule is C/C(=N\NC(=O)c1ccc(-n2cnnn2)cc1)c1c(C)c[nH]c1C. The minimum Gasteiger partial charge on any atom is -0.364 e. The fourth-order valence-corrected chi connectivity index (χ4v) is 2.51. The van der Waals surface area contributed by atoms with Gasteiger partial charge in [0, 0.05) is 23.0 Å². The zero-order valence-electron chi connectivity index (χ0n) is 13.6. The van der Waals surface area contributed by atoms with E-state index in [-0.39, 0.29) is 5.91 Å². The first kappa shape index (κ1) is 15.6. The lowest BCUT2D eigenvalue weighted by atomic mass is 10.1. The Labute approximate surface area is 138 Å². The minimum atomic E-state index is -0.275. The van der Waals surface area contributed by atoms with Crippen LogP contribution in [0.5, 0.6) is 0 Å². The van der Waals surface area contributed by atoms with Crippen molar-refractivity contribution in [3.8, 4) is 5.69 Å². The van der Waals surface area contributed by atoms with Crippen molar-refractivity contribution < 1.29 is 4.79 Å². The number of rotatable bonds is 4. The predicted octanol–water partition coefficient (Wildman–Crippen LogP) is 1.76. The Kier molecular flexibility index (Phi) is 4.19. The van der Waals surface area contributed by atoms with E-state index in [1.54, 1.807) is 24.3 Å². The Morgan fingerprint density at radius 1 is 1.25 bits per heavy atom. The van der Waals surface area contributed by atoms with Crippen LogP contribution >= 0.6 is 0 Å². The minimum absolute atomic E-state index is 0.275. The predicted molar refractivity (Wildman–Crippen MR) is 89.1 cm³/mol. The number of tetrazole rings is 1. The third kappa shape index (κ3) is 3.07. The average molecular weight is 323 g/mol. The number of carbonyl (C=O) groups excluding carboxylic acids is 1. The van der Waals surface area contributed by atoms with Gasteiger partial charge in [0.1, 0.15) is 6.33 Å². The van der Waals surface area contributed by atoms with Gasteiger partial charge in [-0.25, -0.2) is 10.1 Å². The smallest absolute Gasteiger partial charge is 0.271 e. The van der Waals surface area contributed by atoms with Crippen LogP contribution in [0.4, 0.5) is 0 Å². The van der Waals surface area contributed by atoms with Crippen molar-refractivity contribution in [2.45, 2.75) is 20.8 Å². The summed E-state index contributed by atoms with van der Waals surface area (Å²) < 4.78 is 1.52. The van der Waals surface area contributed by atoms with Gasteiger partial charge in [0.2, 0.25) is 0 Å². The topological polar surface area (TPSA) is 101 Å². The first-order valence-electron chi connectivity index (χ1n) is 7.39. The van der Waals surface area contributed by atoms with Crippen LogP contribution in [-0.4, -0.2) is 36.8 Å². The molecule has 3 aromatic rings. The highest BCUT2D eigenvalue weighted by Gasteiger charge is 2.09. The van der Waals surface area contributed by atoms with Crippen LogP contribution in [0.15, 0.2) is 41.9 Å². The molecule has 1 aromatic carbocycles. The number of hydrogen-bond donors (Lipinski definition) is 2. The summed E-state index contributed by atoms with van der Waals surface area (Å²) in [5.41, 5.74) is 7.75. The first-order chi connectivity index (χ1) is 11.6. The highest BCUT2D eigenvalue weighted by atomic mass is 16.2. The molecular formula is C16H17N7O. The van der Waals surface area contributed by atoms with Crippen molar-refractivity contribution in [3.05, 3.63) is 59.2 Å². The van der Waals surface area contributed by atoms with Crippen molar-refractivity contribution >= 4 is 11.6 Å². The third-order valence-electron chi connectivity index (χ3n) is 3.70. The number of H-pyrrole nitrogens is 1. The van der Waals surface area contributed by atoms with Gasteiger partial charge in [0.25, 0.3) is 5.91 Å². The molecular weight excluding hydrogens is 306 g/mol. The second-order valence-corrected chi connectivity index (χ2v) is 5.41. The zero-order valence-corrected chi connectivity index (χ0v) is 13.6. The van der Waals surface area contributed by atoms with Gasteiger partial charge in [-0.05, 0) is 61.0 Å². The number of carbonyl (C=O) groups is 1. The summed E-state index contributed by atoms with van der Waals surface area (Å²) in [6.45, 7) is 5.84. The molecule has 2 N–H and O–H groups in total. The molecule has 0 aliphatic rings. The number of hydrogen-bond acceptors (Lipinski definition) is 5. The Morgan fingerprint density at radius 2 is 2.00 bits per heavy atom. The van der Waals surface area contributed by atoms with Gasteiger partial charge in [0.05, 0.1) is 11.4 Å². The molecule has 0 unspecified atom stereocenters. The van der Waals surface area contributed by atoms with Crippen molar-refractivity contribution in [3.63, 3.8) is 0 Å². The number of aromatic amines is 1. The molecule has 0 fully saturated rings. The molecule has 3 rings (SSSR count). The summed E-state index contributed by atoms with van der Waals surface area (Å²) in [6.07, 6.45) is 3.41. The standard InChI is InChI=1S/C16H17N7O/c1-10-8-17-11(2)15(10)12(3)19-20-16(24)13-4-6-14(7-5-13)23-9-18-21-22-23/h4-9,17H,1-3H3,(H,20,24)/b19-12+. The molecule has 24 heavy (non-hydrogen) atoms. The molecule has 0 spiro atoms. The highest BCUT2D eigenvalue weighted by Crippen LogP contribution is 2.13. The maximum absolute atomic E-state index is 12.2. The number of amides is 1. The molecule has 122 valence electrons. The lowest BCUT2D eigenvalue weighted by Crippen LogP contribution is -2.19. The first-order valence-corrected chi connectivity index (χ1v) is 7.39. The number of aryl methyl sites for hydroxylation is 2. The number of nitrogens with zero attached hydrogens (tertiary/aromatic N) is 5. The monoisotopic (exact) mass is 323 g/mol. The second-order valence-electron chi connectivity index (χ2n) is 5.41. The van der Waals surface area contributed by atoms with E-state index >= 15 is 0 Å². The molecule has 0 aliphatic heterocycles.